The van der Waals surface area contributed by atoms with Crippen LogP contribution < -0.4 is 10.2 Å². The maximum atomic E-state index is 12.3. The fraction of sp³-hybridized carbons (Fsp3) is 0.389. The average Bonchev–Trinajstić information content (AvgIpc) is 3.13. The van der Waals surface area contributed by atoms with Gasteiger partial charge in [-0.2, -0.15) is 0 Å². The Kier molecular flexibility index (Phi) is 4.47. The van der Waals surface area contributed by atoms with Crippen LogP contribution in [0, 0.1) is 5.92 Å². The standard InChI is InChI=1S/C18H21N7O/c1-12-6-14(24-16(26)7-13-8-19-11-23-13)10-25(9-12)15-2-3-21-18-17(15)20-4-5-22-18/h2-5,8,11-12,14H,6-7,9-10H2,1H3,(H,19,23)(H,24,26)/t12-,14+/m0/s1. The molecule has 1 aliphatic heterocycles. The Morgan fingerprint density at radius 2 is 2.12 bits per heavy atom. The van der Waals surface area contributed by atoms with E-state index in [-0.39, 0.29) is 11.9 Å². The molecule has 8 heteroatoms. The molecule has 1 amide bonds. The molecular formula is C18H21N7O. The maximum Gasteiger partial charge on any atom is 0.226 e. The SMILES string of the molecule is C[C@H]1C[C@@H](NC(=O)Cc2cnc[nH]2)CN(c2ccnc3nccnc23)C1. The molecule has 8 nitrogen and oxygen atoms in total. The van der Waals surface area contributed by atoms with Crippen LogP contribution in [-0.2, 0) is 11.2 Å². The van der Waals surface area contributed by atoms with Crippen LogP contribution in [0.2, 0.25) is 0 Å². The van der Waals surface area contributed by atoms with E-state index in [0.717, 1.165) is 36.4 Å². The van der Waals surface area contributed by atoms with Gasteiger partial charge < -0.3 is 15.2 Å². The lowest BCUT2D eigenvalue weighted by Crippen LogP contribution is -2.50. The lowest BCUT2D eigenvalue weighted by Gasteiger charge is -2.38. The zero-order valence-corrected chi connectivity index (χ0v) is 14.6. The van der Waals surface area contributed by atoms with Gasteiger partial charge in [-0.25, -0.2) is 19.9 Å². The molecule has 134 valence electrons. The lowest BCUT2D eigenvalue weighted by molar-refractivity contribution is -0.121. The van der Waals surface area contributed by atoms with Crippen LogP contribution in [0.5, 0.6) is 0 Å². The molecule has 0 unspecified atom stereocenters. The smallest absolute Gasteiger partial charge is 0.226 e. The quantitative estimate of drug-likeness (QED) is 0.735. The Morgan fingerprint density at radius 1 is 1.27 bits per heavy atom. The summed E-state index contributed by atoms with van der Waals surface area (Å²) in [5.74, 6) is 0.466. The zero-order chi connectivity index (χ0) is 17.9. The van der Waals surface area contributed by atoms with Crippen LogP contribution in [0.1, 0.15) is 19.0 Å². The maximum absolute atomic E-state index is 12.3. The van der Waals surface area contributed by atoms with Crippen molar-refractivity contribution in [3.05, 3.63) is 42.9 Å². The number of H-pyrrole nitrogens is 1. The summed E-state index contributed by atoms with van der Waals surface area (Å²) in [6, 6.07) is 2.06. The van der Waals surface area contributed by atoms with E-state index in [4.69, 9.17) is 0 Å². The number of aromatic amines is 1. The van der Waals surface area contributed by atoms with Gasteiger partial charge in [0.25, 0.3) is 0 Å². The fourth-order valence-corrected chi connectivity index (χ4v) is 3.60. The number of piperidine rings is 1. The van der Waals surface area contributed by atoms with E-state index in [1.54, 1.807) is 31.1 Å². The molecule has 2 atom stereocenters. The monoisotopic (exact) mass is 351 g/mol. The number of carbonyl (C=O) groups is 1. The Balaban J connectivity index is 1.50. The summed E-state index contributed by atoms with van der Waals surface area (Å²) in [5, 5.41) is 3.16. The van der Waals surface area contributed by atoms with Crippen molar-refractivity contribution < 1.29 is 4.79 Å². The number of hydrogen-bond acceptors (Lipinski definition) is 6. The second kappa shape index (κ2) is 7.07. The molecule has 26 heavy (non-hydrogen) atoms. The number of carbonyl (C=O) groups excluding carboxylic acids is 1. The van der Waals surface area contributed by atoms with Crippen molar-refractivity contribution in [2.75, 3.05) is 18.0 Å². The molecule has 3 aromatic heterocycles. The van der Waals surface area contributed by atoms with Crippen LogP contribution in [-0.4, -0.2) is 50.0 Å². The normalized spacial score (nSPS) is 20.3. The van der Waals surface area contributed by atoms with E-state index < -0.39 is 0 Å². The first-order chi connectivity index (χ1) is 12.7. The number of nitrogens with zero attached hydrogens (tertiary/aromatic N) is 5. The van der Waals surface area contributed by atoms with Crippen LogP contribution in [0.25, 0.3) is 11.2 Å². The lowest BCUT2D eigenvalue weighted by atomic mass is 9.95. The molecule has 0 aliphatic carbocycles. The highest BCUT2D eigenvalue weighted by Crippen LogP contribution is 2.27. The topological polar surface area (TPSA) is 99.7 Å². The van der Waals surface area contributed by atoms with Gasteiger partial charge in [-0.15, -0.1) is 0 Å². The van der Waals surface area contributed by atoms with Gasteiger partial charge in [0.2, 0.25) is 5.91 Å². The number of fused-ring (bicyclic) bond motifs is 1. The van der Waals surface area contributed by atoms with Crippen LogP contribution >= 0.6 is 0 Å². The van der Waals surface area contributed by atoms with Gasteiger partial charge in [0, 0.05) is 49.6 Å². The molecule has 0 saturated carbocycles. The first kappa shape index (κ1) is 16.4. The van der Waals surface area contributed by atoms with Crippen LogP contribution in [0.3, 0.4) is 0 Å². The van der Waals surface area contributed by atoms with Crippen LogP contribution in [0.4, 0.5) is 5.69 Å². The molecule has 0 aromatic carbocycles. The number of hydrogen-bond donors (Lipinski definition) is 2. The molecule has 1 fully saturated rings. The van der Waals surface area contributed by atoms with Gasteiger partial charge in [-0.05, 0) is 18.4 Å². The molecular weight excluding hydrogens is 330 g/mol. The molecule has 4 heterocycles. The molecule has 0 bridgehead atoms. The van der Waals surface area contributed by atoms with Crippen molar-refractivity contribution in [2.24, 2.45) is 5.92 Å². The van der Waals surface area contributed by atoms with Gasteiger partial charge in [-0.1, -0.05) is 6.92 Å². The van der Waals surface area contributed by atoms with Crippen molar-refractivity contribution in [1.82, 2.24) is 30.2 Å². The van der Waals surface area contributed by atoms with Gasteiger partial charge in [0.1, 0.15) is 5.52 Å². The third-order valence-corrected chi connectivity index (χ3v) is 4.62. The number of imidazole rings is 1. The Bertz CT molecular complexity index is 890. The first-order valence-electron chi connectivity index (χ1n) is 8.76. The first-order valence-corrected chi connectivity index (χ1v) is 8.76. The van der Waals surface area contributed by atoms with Crippen LogP contribution in [0.15, 0.2) is 37.2 Å². The average molecular weight is 351 g/mol. The second-order valence-electron chi connectivity index (χ2n) is 6.82. The zero-order valence-electron chi connectivity index (χ0n) is 14.6. The van der Waals surface area contributed by atoms with E-state index in [1.165, 1.54) is 0 Å². The summed E-state index contributed by atoms with van der Waals surface area (Å²) in [6.45, 7) is 3.87. The van der Waals surface area contributed by atoms with Crippen molar-refractivity contribution in [1.29, 1.82) is 0 Å². The minimum atomic E-state index is 0.00711. The number of amides is 1. The van der Waals surface area contributed by atoms with E-state index in [9.17, 15) is 4.79 Å². The van der Waals surface area contributed by atoms with Crippen molar-refractivity contribution >= 4 is 22.8 Å². The van der Waals surface area contributed by atoms with E-state index >= 15 is 0 Å². The van der Waals surface area contributed by atoms with E-state index in [0.29, 0.717) is 18.0 Å². The number of nitrogens with one attached hydrogen (secondary N) is 2. The summed E-state index contributed by atoms with van der Waals surface area (Å²) in [4.78, 5) is 34.5. The largest absolute Gasteiger partial charge is 0.367 e. The van der Waals surface area contributed by atoms with Crippen molar-refractivity contribution in [3.63, 3.8) is 0 Å². The summed E-state index contributed by atoms with van der Waals surface area (Å²) >= 11 is 0. The number of anilines is 1. The van der Waals surface area contributed by atoms with Gasteiger partial charge in [0.05, 0.1) is 18.4 Å². The summed E-state index contributed by atoms with van der Waals surface area (Å²) < 4.78 is 0. The minimum Gasteiger partial charge on any atom is -0.367 e. The summed E-state index contributed by atoms with van der Waals surface area (Å²) in [7, 11) is 0. The highest BCUT2D eigenvalue weighted by molar-refractivity contribution is 5.85. The molecule has 1 aliphatic rings. The Labute approximate surface area is 151 Å². The second-order valence-corrected chi connectivity index (χ2v) is 6.82. The minimum absolute atomic E-state index is 0.00711. The molecule has 2 N–H and O–H groups in total. The predicted octanol–water partition coefficient (Wildman–Crippen LogP) is 1.32. The Morgan fingerprint density at radius 3 is 2.96 bits per heavy atom. The van der Waals surface area contributed by atoms with E-state index in [2.05, 4.69) is 42.1 Å². The predicted molar refractivity (Wildman–Crippen MR) is 97.5 cm³/mol. The molecule has 1 saturated heterocycles. The Hall–Kier alpha value is -3.03. The molecule has 0 radical (unpaired) electrons. The number of aromatic nitrogens is 5. The van der Waals surface area contributed by atoms with Crippen molar-refractivity contribution in [2.45, 2.75) is 25.8 Å². The molecule has 4 rings (SSSR count). The fourth-order valence-electron chi connectivity index (χ4n) is 3.60. The molecule has 3 aromatic rings. The third kappa shape index (κ3) is 3.49. The van der Waals surface area contributed by atoms with Gasteiger partial charge in [0.15, 0.2) is 5.65 Å². The summed E-state index contributed by atoms with van der Waals surface area (Å²) in [5.41, 5.74) is 3.27. The van der Waals surface area contributed by atoms with Gasteiger partial charge in [-0.3, -0.25) is 4.79 Å². The third-order valence-electron chi connectivity index (χ3n) is 4.62. The van der Waals surface area contributed by atoms with Crippen molar-refractivity contribution in [3.8, 4) is 0 Å². The van der Waals surface area contributed by atoms with Gasteiger partial charge >= 0.3 is 0 Å². The highest BCUT2D eigenvalue weighted by atomic mass is 16.1. The molecule has 0 spiro atoms. The number of rotatable bonds is 4. The van der Waals surface area contributed by atoms with E-state index in [1.807, 2.05) is 6.07 Å². The number of pyridine rings is 1. The highest BCUT2D eigenvalue weighted by Gasteiger charge is 2.27. The summed E-state index contributed by atoms with van der Waals surface area (Å²) in [6.07, 6.45) is 9.63.